The van der Waals surface area contributed by atoms with E-state index in [0.717, 1.165) is 12.8 Å². The first kappa shape index (κ1) is 17.5. The van der Waals surface area contributed by atoms with Crippen LogP contribution in [-0.2, 0) is 22.7 Å². The van der Waals surface area contributed by atoms with E-state index in [4.69, 9.17) is 0 Å². The summed E-state index contributed by atoms with van der Waals surface area (Å²) in [6.07, 6.45) is 2.91. The van der Waals surface area contributed by atoms with Gasteiger partial charge in [-0.05, 0) is 49.9 Å². The summed E-state index contributed by atoms with van der Waals surface area (Å²) < 4.78 is 27.8. The number of benzene rings is 2. The highest BCUT2D eigenvalue weighted by Crippen LogP contribution is 2.35. The predicted molar refractivity (Wildman–Crippen MR) is 102 cm³/mol. The Bertz CT molecular complexity index is 1150. The molecule has 3 aromatic rings. The van der Waals surface area contributed by atoms with Crippen molar-refractivity contribution in [2.75, 3.05) is 0 Å². The van der Waals surface area contributed by atoms with E-state index in [-0.39, 0.29) is 4.90 Å². The molecule has 6 heteroatoms. The lowest BCUT2D eigenvalue weighted by molar-refractivity contribution is 0.437. The van der Waals surface area contributed by atoms with Crippen LogP contribution in [0.25, 0.3) is 5.69 Å². The van der Waals surface area contributed by atoms with Gasteiger partial charge >= 0.3 is 0 Å². The van der Waals surface area contributed by atoms with Crippen molar-refractivity contribution in [3.05, 3.63) is 82.3 Å². The number of aromatic hydroxyl groups is 1. The molecule has 0 unspecified atom stereocenters. The monoisotopic (exact) mass is 381 g/mol. The first-order valence-electron chi connectivity index (χ1n) is 8.87. The topological polar surface area (TPSA) is 76.4 Å². The predicted octanol–water partition coefficient (Wildman–Crippen LogP) is 3.25. The fourth-order valence-corrected chi connectivity index (χ4v) is 5.11. The van der Waals surface area contributed by atoms with Crippen LogP contribution in [0.1, 0.15) is 24.1 Å². The highest BCUT2D eigenvalue weighted by Gasteiger charge is 2.32. The molecule has 0 amide bonds. The molecule has 27 heavy (non-hydrogen) atoms. The van der Waals surface area contributed by atoms with E-state index < -0.39 is 26.0 Å². The SMILES string of the molecule is O=c1c(S(=O)(=O)c2ccccc2)c(O)c2c(n1-c1ccccc1)CCCC2. The van der Waals surface area contributed by atoms with Crippen LogP contribution in [0.15, 0.2) is 75.2 Å². The first-order valence-corrected chi connectivity index (χ1v) is 10.4. The van der Waals surface area contributed by atoms with E-state index in [1.165, 1.54) is 16.7 Å². The van der Waals surface area contributed by atoms with Crippen molar-refractivity contribution >= 4 is 9.84 Å². The Kier molecular flexibility index (Phi) is 4.36. The van der Waals surface area contributed by atoms with Gasteiger partial charge in [0.05, 0.1) is 4.90 Å². The molecule has 0 saturated carbocycles. The van der Waals surface area contributed by atoms with Crippen LogP contribution in [0, 0.1) is 0 Å². The second-order valence-electron chi connectivity index (χ2n) is 6.60. The van der Waals surface area contributed by atoms with Gasteiger partial charge in [-0.1, -0.05) is 36.4 Å². The summed E-state index contributed by atoms with van der Waals surface area (Å²) in [6.45, 7) is 0. The van der Waals surface area contributed by atoms with Gasteiger partial charge in [-0.2, -0.15) is 0 Å². The third-order valence-electron chi connectivity index (χ3n) is 4.94. The van der Waals surface area contributed by atoms with Gasteiger partial charge in [0.1, 0.15) is 5.75 Å². The maximum atomic E-state index is 13.3. The largest absolute Gasteiger partial charge is 0.506 e. The number of sulfone groups is 1. The summed E-state index contributed by atoms with van der Waals surface area (Å²) in [5, 5.41) is 10.8. The zero-order chi connectivity index (χ0) is 19.0. The van der Waals surface area contributed by atoms with E-state index in [9.17, 15) is 18.3 Å². The van der Waals surface area contributed by atoms with E-state index in [1.807, 2.05) is 6.07 Å². The van der Waals surface area contributed by atoms with Crippen molar-refractivity contribution in [2.24, 2.45) is 0 Å². The molecule has 1 aliphatic carbocycles. The van der Waals surface area contributed by atoms with Gasteiger partial charge < -0.3 is 5.11 Å². The van der Waals surface area contributed by atoms with Crippen molar-refractivity contribution in [1.29, 1.82) is 0 Å². The van der Waals surface area contributed by atoms with E-state index in [2.05, 4.69) is 0 Å². The van der Waals surface area contributed by atoms with Gasteiger partial charge in [-0.25, -0.2) is 8.42 Å². The lowest BCUT2D eigenvalue weighted by atomic mass is 9.94. The van der Waals surface area contributed by atoms with Gasteiger partial charge in [0.25, 0.3) is 5.56 Å². The quantitative estimate of drug-likeness (QED) is 0.756. The van der Waals surface area contributed by atoms with E-state index in [1.54, 1.807) is 42.5 Å². The smallest absolute Gasteiger partial charge is 0.278 e. The molecule has 4 rings (SSSR count). The Morgan fingerprint density at radius 3 is 2.11 bits per heavy atom. The van der Waals surface area contributed by atoms with Crippen molar-refractivity contribution in [3.63, 3.8) is 0 Å². The Morgan fingerprint density at radius 1 is 0.852 bits per heavy atom. The van der Waals surface area contributed by atoms with Gasteiger partial charge in [0, 0.05) is 16.9 Å². The number of rotatable bonds is 3. The van der Waals surface area contributed by atoms with Crippen molar-refractivity contribution in [1.82, 2.24) is 4.57 Å². The standard InChI is InChI=1S/C21H19NO4S/c23-19-17-13-7-8-14-18(17)22(15-9-3-1-4-10-15)21(24)20(19)27(25,26)16-11-5-2-6-12-16/h1-6,9-12,23H,7-8,13-14H2. The van der Waals surface area contributed by atoms with Gasteiger partial charge in [0.2, 0.25) is 9.84 Å². The number of fused-ring (bicyclic) bond motifs is 1. The van der Waals surface area contributed by atoms with Crippen LogP contribution in [0.2, 0.25) is 0 Å². The van der Waals surface area contributed by atoms with Gasteiger partial charge in [-0.3, -0.25) is 9.36 Å². The van der Waals surface area contributed by atoms with Crippen LogP contribution in [0.3, 0.4) is 0 Å². The fourth-order valence-electron chi connectivity index (χ4n) is 3.66. The second kappa shape index (κ2) is 6.70. The number of hydrogen-bond donors (Lipinski definition) is 1. The summed E-state index contributed by atoms with van der Waals surface area (Å²) in [5.74, 6) is -0.397. The summed E-state index contributed by atoms with van der Waals surface area (Å²) >= 11 is 0. The van der Waals surface area contributed by atoms with Crippen LogP contribution in [-0.4, -0.2) is 18.1 Å². The van der Waals surface area contributed by atoms with Crippen molar-refractivity contribution < 1.29 is 13.5 Å². The average Bonchev–Trinajstić information content (AvgIpc) is 2.69. The number of hydrogen-bond acceptors (Lipinski definition) is 4. The molecule has 0 radical (unpaired) electrons. The van der Waals surface area contributed by atoms with Crippen molar-refractivity contribution in [2.45, 2.75) is 35.5 Å². The molecule has 2 aromatic carbocycles. The maximum Gasteiger partial charge on any atom is 0.278 e. The summed E-state index contributed by atoms with van der Waals surface area (Å²) in [7, 11) is -4.15. The summed E-state index contributed by atoms with van der Waals surface area (Å²) in [5.41, 5.74) is 1.15. The van der Waals surface area contributed by atoms with E-state index in [0.29, 0.717) is 29.8 Å². The summed E-state index contributed by atoms with van der Waals surface area (Å²) in [6, 6.07) is 16.7. The molecule has 1 aromatic heterocycles. The third-order valence-corrected chi connectivity index (χ3v) is 6.74. The van der Waals surface area contributed by atoms with Crippen LogP contribution in [0.5, 0.6) is 5.75 Å². The lowest BCUT2D eigenvalue weighted by Crippen LogP contribution is -2.30. The minimum Gasteiger partial charge on any atom is -0.506 e. The highest BCUT2D eigenvalue weighted by molar-refractivity contribution is 7.91. The number of para-hydroxylation sites is 1. The summed E-state index contributed by atoms with van der Waals surface area (Å²) in [4.78, 5) is 12.8. The molecule has 0 bridgehead atoms. The molecule has 1 heterocycles. The molecule has 1 aliphatic rings. The lowest BCUT2D eigenvalue weighted by Gasteiger charge is -2.24. The minimum absolute atomic E-state index is 0.00669. The minimum atomic E-state index is -4.15. The van der Waals surface area contributed by atoms with Crippen LogP contribution in [0.4, 0.5) is 0 Å². The van der Waals surface area contributed by atoms with Gasteiger partial charge in [-0.15, -0.1) is 0 Å². The average molecular weight is 381 g/mol. The first-order chi connectivity index (χ1) is 13.0. The zero-order valence-corrected chi connectivity index (χ0v) is 15.4. The second-order valence-corrected chi connectivity index (χ2v) is 8.49. The molecule has 0 atom stereocenters. The molecule has 0 saturated heterocycles. The van der Waals surface area contributed by atoms with Crippen molar-refractivity contribution in [3.8, 4) is 11.4 Å². The fraction of sp³-hybridized carbons (Fsp3) is 0.190. The molecule has 5 nitrogen and oxygen atoms in total. The van der Waals surface area contributed by atoms with Crippen LogP contribution >= 0.6 is 0 Å². The van der Waals surface area contributed by atoms with Gasteiger partial charge in [0.15, 0.2) is 4.90 Å². The number of pyridine rings is 1. The Hall–Kier alpha value is -2.86. The molecule has 0 spiro atoms. The Balaban J connectivity index is 2.09. The molecule has 1 N–H and O–H groups in total. The van der Waals surface area contributed by atoms with Crippen LogP contribution < -0.4 is 5.56 Å². The molecular formula is C21H19NO4S. The molecule has 138 valence electrons. The van der Waals surface area contributed by atoms with E-state index >= 15 is 0 Å². The normalized spacial score (nSPS) is 13.9. The molecule has 0 aliphatic heterocycles. The highest BCUT2D eigenvalue weighted by atomic mass is 32.2. The third kappa shape index (κ3) is 2.86. The Morgan fingerprint density at radius 2 is 1.44 bits per heavy atom. The molecule has 0 fully saturated rings. The zero-order valence-electron chi connectivity index (χ0n) is 14.6. The number of aromatic nitrogens is 1. The Labute approximate surface area is 157 Å². The number of nitrogens with zero attached hydrogens (tertiary/aromatic N) is 1. The maximum absolute atomic E-state index is 13.3. The molecular weight excluding hydrogens is 362 g/mol.